The summed E-state index contributed by atoms with van der Waals surface area (Å²) in [6, 6.07) is 0. The fourth-order valence-corrected chi connectivity index (χ4v) is 2.79. The van der Waals surface area contributed by atoms with Gasteiger partial charge in [0.05, 0.1) is 12.2 Å². The number of aliphatic hydroxyl groups is 1. The molecule has 2 heteroatoms. The summed E-state index contributed by atoms with van der Waals surface area (Å²) in [7, 11) is 0. The van der Waals surface area contributed by atoms with Crippen LogP contribution in [0.4, 0.5) is 0 Å². The van der Waals surface area contributed by atoms with Crippen LogP contribution >= 0.6 is 0 Å². The molecule has 1 aliphatic rings. The minimum absolute atomic E-state index is 0.0816. The molecule has 0 aromatic rings. The van der Waals surface area contributed by atoms with Crippen molar-refractivity contribution in [3.63, 3.8) is 0 Å². The maximum atomic E-state index is 10.3. The van der Waals surface area contributed by atoms with Crippen molar-refractivity contribution in [2.45, 2.75) is 96.7 Å². The molecule has 0 radical (unpaired) electrons. The first-order valence-corrected chi connectivity index (χ1v) is 8.50. The fraction of sp³-hybridized carbons (Fsp3) is 1.00. The highest BCUT2D eigenvalue weighted by molar-refractivity contribution is 4.70. The van der Waals surface area contributed by atoms with E-state index in [2.05, 4.69) is 13.8 Å². The molecule has 114 valence electrons. The summed E-state index contributed by atoms with van der Waals surface area (Å²) in [5, 5.41) is 10.3. The molecule has 2 nitrogen and oxygen atoms in total. The maximum absolute atomic E-state index is 10.3. The van der Waals surface area contributed by atoms with Gasteiger partial charge in [0, 0.05) is 6.61 Å². The molecule has 1 saturated carbocycles. The van der Waals surface area contributed by atoms with Crippen LogP contribution in [0.15, 0.2) is 0 Å². The molecule has 1 N–H and O–H groups in total. The van der Waals surface area contributed by atoms with Crippen molar-refractivity contribution in [3.05, 3.63) is 0 Å². The number of rotatable bonds is 4. The minimum atomic E-state index is -0.244. The number of hydrogen-bond donors (Lipinski definition) is 1. The van der Waals surface area contributed by atoms with Crippen LogP contribution < -0.4 is 0 Å². The third kappa shape index (κ3) is 8.65. The second-order valence-corrected chi connectivity index (χ2v) is 6.56. The van der Waals surface area contributed by atoms with Gasteiger partial charge in [-0.1, -0.05) is 65.2 Å². The molecule has 1 fully saturated rings. The van der Waals surface area contributed by atoms with Gasteiger partial charge in [0.1, 0.15) is 0 Å². The SMILES string of the molecule is CC(C)CCOC1CCCCCCCCCCC1O. The van der Waals surface area contributed by atoms with E-state index in [1.807, 2.05) is 0 Å². The molecular formula is C17H34O2. The lowest BCUT2D eigenvalue weighted by Crippen LogP contribution is -2.30. The van der Waals surface area contributed by atoms with Gasteiger partial charge in [-0.3, -0.25) is 0 Å². The number of ether oxygens (including phenoxy) is 1. The largest absolute Gasteiger partial charge is 0.390 e. The van der Waals surface area contributed by atoms with Crippen molar-refractivity contribution in [1.82, 2.24) is 0 Å². The highest BCUT2D eigenvalue weighted by atomic mass is 16.5. The van der Waals surface area contributed by atoms with E-state index in [0.29, 0.717) is 5.92 Å². The minimum Gasteiger partial charge on any atom is -0.390 e. The Balaban J connectivity index is 2.33. The predicted octanol–water partition coefficient (Wildman–Crippen LogP) is 4.69. The Morgan fingerprint density at radius 3 is 2.00 bits per heavy atom. The highest BCUT2D eigenvalue weighted by Crippen LogP contribution is 2.19. The molecule has 0 bridgehead atoms. The topological polar surface area (TPSA) is 29.5 Å². The highest BCUT2D eigenvalue weighted by Gasteiger charge is 2.19. The zero-order valence-electron chi connectivity index (χ0n) is 13.1. The first kappa shape index (κ1) is 17.0. The normalized spacial score (nSPS) is 27.8. The molecule has 0 heterocycles. The standard InChI is InChI=1S/C17H34O2/c1-15(2)13-14-19-17-12-10-8-6-4-3-5-7-9-11-16(17)18/h15-18H,3-14H2,1-2H3. The first-order valence-electron chi connectivity index (χ1n) is 8.50. The lowest BCUT2D eigenvalue weighted by molar-refractivity contribution is -0.0492. The second-order valence-electron chi connectivity index (χ2n) is 6.56. The third-order valence-electron chi connectivity index (χ3n) is 4.19. The van der Waals surface area contributed by atoms with Gasteiger partial charge in [0.2, 0.25) is 0 Å². The van der Waals surface area contributed by atoms with Gasteiger partial charge in [0.25, 0.3) is 0 Å². The molecule has 2 unspecified atom stereocenters. The van der Waals surface area contributed by atoms with Crippen molar-refractivity contribution in [3.8, 4) is 0 Å². The second kappa shape index (κ2) is 10.7. The Morgan fingerprint density at radius 1 is 0.895 bits per heavy atom. The van der Waals surface area contributed by atoms with E-state index in [9.17, 15) is 5.11 Å². The molecule has 0 aliphatic heterocycles. The molecule has 2 atom stereocenters. The van der Waals surface area contributed by atoms with Gasteiger partial charge in [-0.25, -0.2) is 0 Å². The van der Waals surface area contributed by atoms with E-state index in [1.54, 1.807) is 0 Å². The Labute approximate surface area is 119 Å². The summed E-state index contributed by atoms with van der Waals surface area (Å²) in [5.41, 5.74) is 0. The first-order chi connectivity index (χ1) is 9.20. The van der Waals surface area contributed by atoms with Crippen molar-refractivity contribution in [1.29, 1.82) is 0 Å². The summed E-state index contributed by atoms with van der Waals surface area (Å²) in [4.78, 5) is 0. The van der Waals surface area contributed by atoms with Gasteiger partial charge in [0.15, 0.2) is 0 Å². The lowest BCUT2D eigenvalue weighted by Gasteiger charge is -2.24. The van der Waals surface area contributed by atoms with E-state index in [4.69, 9.17) is 4.74 Å². The molecule has 0 aromatic heterocycles. The number of aliphatic hydroxyl groups excluding tert-OH is 1. The summed E-state index contributed by atoms with van der Waals surface area (Å²) in [6.45, 7) is 5.25. The average Bonchev–Trinajstić information content (AvgIpc) is 2.36. The van der Waals surface area contributed by atoms with Crippen LogP contribution in [0.25, 0.3) is 0 Å². The monoisotopic (exact) mass is 270 g/mol. The van der Waals surface area contributed by atoms with E-state index in [-0.39, 0.29) is 12.2 Å². The van der Waals surface area contributed by atoms with Crippen molar-refractivity contribution in [2.75, 3.05) is 6.61 Å². The smallest absolute Gasteiger partial charge is 0.0833 e. The molecule has 1 rings (SSSR count). The van der Waals surface area contributed by atoms with Crippen LogP contribution in [-0.2, 0) is 4.74 Å². The third-order valence-corrected chi connectivity index (χ3v) is 4.19. The number of hydrogen-bond acceptors (Lipinski definition) is 2. The van der Waals surface area contributed by atoms with Gasteiger partial charge >= 0.3 is 0 Å². The summed E-state index contributed by atoms with van der Waals surface area (Å²) >= 11 is 0. The maximum Gasteiger partial charge on any atom is 0.0833 e. The van der Waals surface area contributed by atoms with Crippen LogP contribution in [0, 0.1) is 5.92 Å². The van der Waals surface area contributed by atoms with Crippen LogP contribution in [0.2, 0.25) is 0 Å². The van der Waals surface area contributed by atoms with Gasteiger partial charge < -0.3 is 9.84 Å². The average molecular weight is 270 g/mol. The van der Waals surface area contributed by atoms with Gasteiger partial charge in [-0.05, 0) is 25.2 Å². The zero-order valence-corrected chi connectivity index (χ0v) is 13.1. The zero-order chi connectivity index (χ0) is 13.9. The Hall–Kier alpha value is -0.0800. The van der Waals surface area contributed by atoms with Crippen molar-refractivity contribution >= 4 is 0 Å². The molecular weight excluding hydrogens is 236 g/mol. The Bertz CT molecular complexity index is 203. The van der Waals surface area contributed by atoms with E-state index >= 15 is 0 Å². The Kier molecular flexibility index (Phi) is 9.54. The molecule has 1 aliphatic carbocycles. The van der Waals surface area contributed by atoms with Gasteiger partial charge in [-0.15, -0.1) is 0 Å². The Morgan fingerprint density at radius 2 is 1.42 bits per heavy atom. The van der Waals surface area contributed by atoms with Crippen LogP contribution in [0.5, 0.6) is 0 Å². The van der Waals surface area contributed by atoms with Crippen molar-refractivity contribution < 1.29 is 9.84 Å². The lowest BCUT2D eigenvalue weighted by atomic mass is 9.97. The van der Waals surface area contributed by atoms with Crippen LogP contribution in [0.3, 0.4) is 0 Å². The predicted molar refractivity (Wildman–Crippen MR) is 81.4 cm³/mol. The molecule has 0 saturated heterocycles. The van der Waals surface area contributed by atoms with Crippen LogP contribution in [-0.4, -0.2) is 23.9 Å². The summed E-state index contributed by atoms with van der Waals surface area (Å²) in [6.07, 6.45) is 13.3. The van der Waals surface area contributed by atoms with Crippen LogP contribution in [0.1, 0.15) is 84.5 Å². The van der Waals surface area contributed by atoms with Gasteiger partial charge in [-0.2, -0.15) is 0 Å². The summed E-state index contributed by atoms with van der Waals surface area (Å²) < 4.78 is 5.96. The molecule has 0 amide bonds. The fourth-order valence-electron chi connectivity index (χ4n) is 2.79. The van der Waals surface area contributed by atoms with E-state index < -0.39 is 0 Å². The van der Waals surface area contributed by atoms with Crippen molar-refractivity contribution in [2.24, 2.45) is 5.92 Å². The molecule has 19 heavy (non-hydrogen) atoms. The van der Waals surface area contributed by atoms with E-state index in [1.165, 1.54) is 44.9 Å². The summed E-state index contributed by atoms with van der Waals surface area (Å²) in [5.74, 6) is 0.684. The van der Waals surface area contributed by atoms with E-state index in [0.717, 1.165) is 32.3 Å². The molecule has 0 aromatic carbocycles. The molecule has 0 spiro atoms. The quantitative estimate of drug-likeness (QED) is 0.803.